The monoisotopic (exact) mass is 262 g/mol. The molecular formula is C13H14N2O2S. The Labute approximate surface area is 110 Å². The summed E-state index contributed by atoms with van der Waals surface area (Å²) in [5.74, 6) is 2.22. The zero-order chi connectivity index (χ0) is 13.0. The van der Waals surface area contributed by atoms with Gasteiger partial charge in [0.1, 0.15) is 6.29 Å². The van der Waals surface area contributed by atoms with Gasteiger partial charge in [0, 0.05) is 16.4 Å². The minimum atomic E-state index is 0.269. The lowest BCUT2D eigenvalue weighted by Gasteiger charge is -1.98. The van der Waals surface area contributed by atoms with E-state index < -0.39 is 0 Å². The molecule has 18 heavy (non-hydrogen) atoms. The van der Waals surface area contributed by atoms with Crippen LogP contribution in [0.1, 0.15) is 41.8 Å². The van der Waals surface area contributed by atoms with Crippen LogP contribution in [0.5, 0.6) is 0 Å². The number of hydrogen-bond donors (Lipinski definition) is 0. The van der Waals surface area contributed by atoms with Gasteiger partial charge >= 0.3 is 0 Å². The standard InChI is InChI=1S/C13H14N2O2S/c1-9(2)13-14-12(17-15-13)8-18-11-5-3-4-10(6-11)7-16/h3-7,9H,8H2,1-2H3. The number of carbonyl (C=O) groups is 1. The van der Waals surface area contributed by atoms with Gasteiger partial charge in [-0.05, 0) is 12.1 Å². The third-order valence-electron chi connectivity index (χ3n) is 2.36. The van der Waals surface area contributed by atoms with E-state index in [1.165, 1.54) is 0 Å². The molecule has 5 heteroatoms. The Kier molecular flexibility index (Phi) is 4.15. The van der Waals surface area contributed by atoms with Gasteiger partial charge in [0.15, 0.2) is 5.82 Å². The lowest BCUT2D eigenvalue weighted by Crippen LogP contribution is -1.90. The van der Waals surface area contributed by atoms with Crippen LogP contribution in [-0.4, -0.2) is 16.4 Å². The zero-order valence-electron chi connectivity index (χ0n) is 10.3. The minimum Gasteiger partial charge on any atom is -0.338 e. The number of hydrogen-bond acceptors (Lipinski definition) is 5. The van der Waals surface area contributed by atoms with Crippen molar-refractivity contribution in [2.24, 2.45) is 0 Å². The summed E-state index contributed by atoms with van der Waals surface area (Å²) in [6, 6.07) is 7.44. The van der Waals surface area contributed by atoms with Crippen molar-refractivity contribution in [3.05, 3.63) is 41.5 Å². The molecule has 2 rings (SSSR count). The average Bonchev–Trinajstić information content (AvgIpc) is 2.85. The van der Waals surface area contributed by atoms with Gasteiger partial charge in [-0.2, -0.15) is 4.98 Å². The topological polar surface area (TPSA) is 56.0 Å². The highest BCUT2D eigenvalue weighted by Crippen LogP contribution is 2.23. The molecule has 1 heterocycles. The minimum absolute atomic E-state index is 0.269. The predicted octanol–water partition coefficient (Wildman–Crippen LogP) is 3.30. The van der Waals surface area contributed by atoms with Crippen molar-refractivity contribution in [1.29, 1.82) is 0 Å². The van der Waals surface area contributed by atoms with Crippen LogP contribution in [-0.2, 0) is 5.75 Å². The van der Waals surface area contributed by atoms with Crippen molar-refractivity contribution in [1.82, 2.24) is 10.1 Å². The van der Waals surface area contributed by atoms with Crippen LogP contribution in [0.15, 0.2) is 33.7 Å². The van der Waals surface area contributed by atoms with E-state index in [4.69, 9.17) is 4.52 Å². The van der Waals surface area contributed by atoms with E-state index in [1.807, 2.05) is 32.0 Å². The summed E-state index contributed by atoms with van der Waals surface area (Å²) < 4.78 is 5.15. The molecule has 0 aliphatic heterocycles. The van der Waals surface area contributed by atoms with Crippen LogP contribution in [0.25, 0.3) is 0 Å². The van der Waals surface area contributed by atoms with Crippen LogP contribution in [0.4, 0.5) is 0 Å². The Morgan fingerprint density at radius 1 is 1.44 bits per heavy atom. The van der Waals surface area contributed by atoms with Gasteiger partial charge in [-0.3, -0.25) is 4.79 Å². The summed E-state index contributed by atoms with van der Waals surface area (Å²) in [5.41, 5.74) is 0.674. The second kappa shape index (κ2) is 5.82. The highest BCUT2D eigenvalue weighted by atomic mass is 32.2. The number of carbonyl (C=O) groups excluding carboxylic acids is 1. The smallest absolute Gasteiger partial charge is 0.237 e. The van der Waals surface area contributed by atoms with Gasteiger partial charge < -0.3 is 4.52 Å². The molecule has 2 aromatic rings. The van der Waals surface area contributed by atoms with E-state index >= 15 is 0 Å². The molecule has 0 fully saturated rings. The lowest BCUT2D eigenvalue weighted by molar-refractivity contribution is 0.112. The summed E-state index contributed by atoms with van der Waals surface area (Å²) in [7, 11) is 0. The summed E-state index contributed by atoms with van der Waals surface area (Å²) in [6.45, 7) is 4.05. The third-order valence-corrected chi connectivity index (χ3v) is 3.34. The SMILES string of the molecule is CC(C)c1noc(CSc2cccc(C=O)c2)n1. The Morgan fingerprint density at radius 2 is 2.28 bits per heavy atom. The molecule has 0 spiro atoms. The van der Waals surface area contributed by atoms with Crippen molar-refractivity contribution < 1.29 is 9.32 Å². The second-order valence-corrected chi connectivity index (χ2v) is 5.23. The summed E-state index contributed by atoms with van der Waals surface area (Å²) in [4.78, 5) is 16.0. The molecule has 0 bridgehead atoms. The average molecular weight is 262 g/mol. The van der Waals surface area contributed by atoms with Crippen LogP contribution in [0.3, 0.4) is 0 Å². The van der Waals surface area contributed by atoms with E-state index in [0.717, 1.165) is 17.0 Å². The van der Waals surface area contributed by atoms with Crippen LogP contribution in [0, 0.1) is 0 Å². The molecule has 0 amide bonds. The first-order valence-corrected chi connectivity index (χ1v) is 6.68. The Morgan fingerprint density at radius 3 is 2.94 bits per heavy atom. The number of nitrogens with zero attached hydrogens (tertiary/aromatic N) is 2. The van der Waals surface area contributed by atoms with Gasteiger partial charge in [0.25, 0.3) is 0 Å². The molecule has 0 unspecified atom stereocenters. The Hall–Kier alpha value is -1.62. The fourth-order valence-electron chi connectivity index (χ4n) is 1.38. The fraction of sp³-hybridized carbons (Fsp3) is 0.308. The molecule has 0 radical (unpaired) electrons. The molecule has 0 atom stereocenters. The number of aromatic nitrogens is 2. The van der Waals surface area contributed by atoms with Crippen LogP contribution >= 0.6 is 11.8 Å². The summed E-state index contributed by atoms with van der Waals surface area (Å²) in [6.07, 6.45) is 0.841. The molecule has 0 saturated heterocycles. The van der Waals surface area contributed by atoms with Gasteiger partial charge in [-0.1, -0.05) is 31.1 Å². The van der Waals surface area contributed by atoms with Crippen molar-refractivity contribution in [2.75, 3.05) is 0 Å². The van der Waals surface area contributed by atoms with E-state index in [2.05, 4.69) is 10.1 Å². The van der Waals surface area contributed by atoms with Gasteiger partial charge in [0.05, 0.1) is 5.75 Å². The van der Waals surface area contributed by atoms with E-state index in [1.54, 1.807) is 17.8 Å². The van der Waals surface area contributed by atoms with E-state index in [-0.39, 0.29) is 5.92 Å². The quantitative estimate of drug-likeness (QED) is 0.611. The molecular weight excluding hydrogens is 248 g/mol. The lowest BCUT2D eigenvalue weighted by atomic mass is 10.2. The molecule has 0 aliphatic rings. The Balaban J connectivity index is 1.99. The second-order valence-electron chi connectivity index (χ2n) is 4.18. The summed E-state index contributed by atoms with van der Waals surface area (Å²) >= 11 is 1.57. The normalized spacial score (nSPS) is 10.8. The first-order valence-electron chi connectivity index (χ1n) is 5.69. The molecule has 94 valence electrons. The van der Waals surface area contributed by atoms with Gasteiger partial charge in [0.2, 0.25) is 5.89 Å². The summed E-state index contributed by atoms with van der Waals surface area (Å²) in [5, 5.41) is 3.91. The van der Waals surface area contributed by atoms with Crippen molar-refractivity contribution in [2.45, 2.75) is 30.4 Å². The van der Waals surface area contributed by atoms with Crippen LogP contribution < -0.4 is 0 Å². The van der Waals surface area contributed by atoms with Crippen LogP contribution in [0.2, 0.25) is 0 Å². The molecule has 4 nitrogen and oxygen atoms in total. The molecule has 0 aliphatic carbocycles. The van der Waals surface area contributed by atoms with E-state index in [9.17, 15) is 4.79 Å². The first kappa shape index (κ1) is 12.8. The molecule has 0 N–H and O–H groups in total. The van der Waals surface area contributed by atoms with Gasteiger partial charge in [-0.15, -0.1) is 11.8 Å². The number of rotatable bonds is 5. The molecule has 1 aromatic carbocycles. The largest absolute Gasteiger partial charge is 0.338 e. The maximum Gasteiger partial charge on any atom is 0.237 e. The Bertz CT molecular complexity index is 537. The van der Waals surface area contributed by atoms with Crippen molar-refractivity contribution in [3.8, 4) is 0 Å². The highest BCUT2D eigenvalue weighted by Gasteiger charge is 2.09. The fourth-order valence-corrected chi connectivity index (χ4v) is 2.19. The molecule has 0 saturated carbocycles. The third kappa shape index (κ3) is 3.20. The maximum atomic E-state index is 10.7. The predicted molar refractivity (Wildman–Crippen MR) is 69.8 cm³/mol. The van der Waals surface area contributed by atoms with Gasteiger partial charge in [-0.25, -0.2) is 0 Å². The molecule has 1 aromatic heterocycles. The highest BCUT2D eigenvalue weighted by molar-refractivity contribution is 7.98. The number of aldehydes is 1. The number of thioether (sulfide) groups is 1. The first-order chi connectivity index (χ1) is 8.69. The maximum absolute atomic E-state index is 10.7. The van der Waals surface area contributed by atoms with Crippen molar-refractivity contribution in [3.63, 3.8) is 0 Å². The van der Waals surface area contributed by atoms with E-state index in [0.29, 0.717) is 17.2 Å². The van der Waals surface area contributed by atoms with Crippen molar-refractivity contribution >= 4 is 18.0 Å². The number of benzene rings is 1. The zero-order valence-corrected chi connectivity index (χ0v) is 11.1.